The van der Waals surface area contributed by atoms with Crippen molar-refractivity contribution in [3.63, 3.8) is 0 Å². The molecule has 100 valence electrons. The molecule has 0 spiro atoms. The molecule has 1 atom stereocenters. The minimum atomic E-state index is 0.167. The van der Waals surface area contributed by atoms with Gasteiger partial charge in [-0.3, -0.25) is 4.79 Å². The molecular weight excluding hydrogens is 216 g/mol. The normalized spacial score (nSPS) is 21.4. The molecule has 1 amide bonds. The summed E-state index contributed by atoms with van der Waals surface area (Å²) in [4.78, 5) is 11.3. The molecule has 0 aromatic carbocycles. The van der Waals surface area contributed by atoms with Gasteiger partial charge in [-0.25, -0.2) is 0 Å². The molecule has 0 saturated carbocycles. The summed E-state index contributed by atoms with van der Waals surface area (Å²) >= 11 is 0. The van der Waals surface area contributed by atoms with Crippen LogP contribution in [0.3, 0.4) is 0 Å². The van der Waals surface area contributed by atoms with Crippen LogP contribution in [0.25, 0.3) is 0 Å². The van der Waals surface area contributed by atoms with E-state index in [1.165, 1.54) is 0 Å². The van der Waals surface area contributed by atoms with Crippen LogP contribution in [0.4, 0.5) is 0 Å². The Morgan fingerprint density at radius 1 is 1.47 bits per heavy atom. The van der Waals surface area contributed by atoms with Crippen molar-refractivity contribution >= 4 is 5.91 Å². The van der Waals surface area contributed by atoms with Crippen LogP contribution in [0.5, 0.6) is 0 Å². The standard InChI is InChI=1S/C13H26N2O2/c1-11(2)5-8-17-9-7-14-12-4-3-6-15-13(16)10-12/h11-12,14H,3-10H2,1-2H3,(H,15,16). The first-order chi connectivity index (χ1) is 8.18. The Morgan fingerprint density at radius 3 is 3.06 bits per heavy atom. The lowest BCUT2D eigenvalue weighted by Crippen LogP contribution is -2.34. The van der Waals surface area contributed by atoms with Gasteiger partial charge in [-0.1, -0.05) is 13.8 Å². The summed E-state index contributed by atoms with van der Waals surface area (Å²) in [5.74, 6) is 0.870. The Labute approximate surface area is 104 Å². The molecule has 0 radical (unpaired) electrons. The number of amides is 1. The minimum Gasteiger partial charge on any atom is -0.380 e. The molecule has 0 aliphatic carbocycles. The fraction of sp³-hybridized carbons (Fsp3) is 0.923. The van der Waals surface area contributed by atoms with E-state index in [0.29, 0.717) is 18.4 Å². The average molecular weight is 242 g/mol. The Bertz CT molecular complexity index is 219. The van der Waals surface area contributed by atoms with Crippen LogP contribution in [0.2, 0.25) is 0 Å². The van der Waals surface area contributed by atoms with Crippen molar-refractivity contribution < 1.29 is 9.53 Å². The molecule has 1 heterocycles. The second-order valence-electron chi connectivity index (χ2n) is 5.14. The van der Waals surface area contributed by atoms with Gasteiger partial charge in [0.2, 0.25) is 5.91 Å². The first-order valence-corrected chi connectivity index (χ1v) is 6.76. The largest absolute Gasteiger partial charge is 0.380 e. The molecule has 0 bridgehead atoms. The van der Waals surface area contributed by atoms with Gasteiger partial charge in [0.05, 0.1) is 6.61 Å². The summed E-state index contributed by atoms with van der Waals surface area (Å²) in [5.41, 5.74) is 0. The molecule has 0 aromatic heterocycles. The minimum absolute atomic E-state index is 0.167. The smallest absolute Gasteiger partial charge is 0.221 e. The molecule has 1 rings (SSSR count). The third kappa shape index (κ3) is 7.34. The molecule has 1 unspecified atom stereocenters. The van der Waals surface area contributed by atoms with E-state index in [0.717, 1.165) is 45.6 Å². The van der Waals surface area contributed by atoms with E-state index < -0.39 is 0 Å². The quantitative estimate of drug-likeness (QED) is 0.662. The number of hydrogen-bond donors (Lipinski definition) is 2. The Morgan fingerprint density at radius 2 is 2.29 bits per heavy atom. The molecule has 1 aliphatic rings. The Balaban J connectivity index is 1.99. The van der Waals surface area contributed by atoms with Crippen molar-refractivity contribution in [3.05, 3.63) is 0 Å². The maximum atomic E-state index is 11.3. The van der Waals surface area contributed by atoms with Crippen LogP contribution >= 0.6 is 0 Å². The van der Waals surface area contributed by atoms with Gasteiger partial charge in [0.25, 0.3) is 0 Å². The molecule has 1 saturated heterocycles. The second kappa shape index (κ2) is 8.48. The summed E-state index contributed by atoms with van der Waals surface area (Å²) < 4.78 is 5.53. The molecule has 1 fully saturated rings. The van der Waals surface area contributed by atoms with E-state index in [2.05, 4.69) is 24.5 Å². The monoisotopic (exact) mass is 242 g/mol. The van der Waals surface area contributed by atoms with E-state index in [4.69, 9.17) is 4.74 Å². The highest BCUT2D eigenvalue weighted by Crippen LogP contribution is 2.05. The third-order valence-corrected chi connectivity index (χ3v) is 3.00. The lowest BCUT2D eigenvalue weighted by Gasteiger charge is -2.15. The van der Waals surface area contributed by atoms with Crippen molar-refractivity contribution in [2.24, 2.45) is 5.92 Å². The van der Waals surface area contributed by atoms with Gasteiger partial charge in [0.15, 0.2) is 0 Å². The van der Waals surface area contributed by atoms with Crippen LogP contribution in [0.1, 0.15) is 39.5 Å². The fourth-order valence-electron chi connectivity index (χ4n) is 1.90. The van der Waals surface area contributed by atoms with E-state index in [1.807, 2.05) is 0 Å². The fourth-order valence-corrected chi connectivity index (χ4v) is 1.90. The first kappa shape index (κ1) is 14.5. The van der Waals surface area contributed by atoms with Gasteiger partial charge in [-0.2, -0.15) is 0 Å². The van der Waals surface area contributed by atoms with Crippen LogP contribution in [0, 0.1) is 5.92 Å². The van der Waals surface area contributed by atoms with Gasteiger partial charge in [0.1, 0.15) is 0 Å². The number of nitrogens with one attached hydrogen (secondary N) is 2. The highest BCUT2D eigenvalue weighted by Gasteiger charge is 2.16. The van der Waals surface area contributed by atoms with Crippen LogP contribution in [-0.2, 0) is 9.53 Å². The van der Waals surface area contributed by atoms with E-state index in [-0.39, 0.29) is 5.91 Å². The number of ether oxygens (including phenoxy) is 1. The van der Waals surface area contributed by atoms with E-state index >= 15 is 0 Å². The van der Waals surface area contributed by atoms with Crippen molar-refractivity contribution in [3.8, 4) is 0 Å². The van der Waals surface area contributed by atoms with Crippen LogP contribution < -0.4 is 10.6 Å². The summed E-state index contributed by atoms with van der Waals surface area (Å²) in [7, 11) is 0. The maximum absolute atomic E-state index is 11.3. The molecule has 4 nitrogen and oxygen atoms in total. The molecule has 4 heteroatoms. The Kier molecular flexibility index (Phi) is 7.21. The first-order valence-electron chi connectivity index (χ1n) is 6.76. The Hall–Kier alpha value is -0.610. The zero-order chi connectivity index (χ0) is 12.5. The summed E-state index contributed by atoms with van der Waals surface area (Å²) in [6, 6.07) is 0.325. The van der Waals surface area contributed by atoms with Crippen LogP contribution in [0.15, 0.2) is 0 Å². The number of carbonyl (C=O) groups is 1. The van der Waals surface area contributed by atoms with Crippen molar-refractivity contribution in [1.29, 1.82) is 0 Å². The van der Waals surface area contributed by atoms with Gasteiger partial charge < -0.3 is 15.4 Å². The predicted octanol–water partition coefficient (Wildman–Crippen LogP) is 1.31. The zero-order valence-corrected chi connectivity index (χ0v) is 11.1. The number of carbonyl (C=O) groups excluding carboxylic acids is 1. The predicted molar refractivity (Wildman–Crippen MR) is 68.9 cm³/mol. The van der Waals surface area contributed by atoms with Crippen molar-refractivity contribution in [2.45, 2.75) is 45.6 Å². The van der Waals surface area contributed by atoms with Crippen LogP contribution in [-0.4, -0.2) is 38.3 Å². The molecule has 17 heavy (non-hydrogen) atoms. The number of hydrogen-bond acceptors (Lipinski definition) is 3. The summed E-state index contributed by atoms with van der Waals surface area (Å²) in [5, 5.41) is 6.28. The van der Waals surface area contributed by atoms with E-state index in [1.54, 1.807) is 0 Å². The summed E-state index contributed by atoms with van der Waals surface area (Å²) in [6.07, 6.45) is 3.86. The van der Waals surface area contributed by atoms with Gasteiger partial charge in [-0.15, -0.1) is 0 Å². The van der Waals surface area contributed by atoms with Gasteiger partial charge in [0, 0.05) is 32.2 Å². The zero-order valence-electron chi connectivity index (χ0n) is 11.1. The van der Waals surface area contributed by atoms with Crippen molar-refractivity contribution in [1.82, 2.24) is 10.6 Å². The second-order valence-corrected chi connectivity index (χ2v) is 5.14. The lowest BCUT2D eigenvalue weighted by atomic mass is 10.1. The lowest BCUT2D eigenvalue weighted by molar-refractivity contribution is -0.121. The highest BCUT2D eigenvalue weighted by atomic mass is 16.5. The van der Waals surface area contributed by atoms with E-state index in [9.17, 15) is 4.79 Å². The SMILES string of the molecule is CC(C)CCOCCNC1CCCNC(=O)C1. The van der Waals surface area contributed by atoms with Crippen molar-refractivity contribution in [2.75, 3.05) is 26.3 Å². The maximum Gasteiger partial charge on any atom is 0.221 e. The molecule has 2 N–H and O–H groups in total. The topological polar surface area (TPSA) is 50.4 Å². The number of rotatable bonds is 7. The highest BCUT2D eigenvalue weighted by molar-refractivity contribution is 5.76. The average Bonchev–Trinajstić information content (AvgIpc) is 2.47. The van der Waals surface area contributed by atoms with Gasteiger partial charge >= 0.3 is 0 Å². The molecule has 0 aromatic rings. The van der Waals surface area contributed by atoms with Gasteiger partial charge in [-0.05, 0) is 25.2 Å². The summed E-state index contributed by atoms with van der Waals surface area (Å²) in [6.45, 7) is 7.64. The third-order valence-electron chi connectivity index (χ3n) is 3.00. The molecular formula is C13H26N2O2. The molecule has 1 aliphatic heterocycles.